The van der Waals surface area contributed by atoms with Gasteiger partial charge in [-0.2, -0.15) is 0 Å². The van der Waals surface area contributed by atoms with E-state index in [1.54, 1.807) is 48.5 Å². The van der Waals surface area contributed by atoms with Gasteiger partial charge in [0.05, 0.1) is 0 Å². The number of halogens is 2. The number of hydrogen-bond acceptors (Lipinski definition) is 2. The number of carboxylic acid groups (broad SMARTS) is 2. The fourth-order valence-corrected chi connectivity index (χ4v) is 4.60. The molecule has 2 unspecified atom stereocenters. The first-order valence-electron chi connectivity index (χ1n) is 6.50. The fourth-order valence-electron chi connectivity index (χ4n) is 1.97. The van der Waals surface area contributed by atoms with Crippen LogP contribution in [-0.2, 0) is 9.59 Å². The molecular formula is C16H12Cl2O4Se. The van der Waals surface area contributed by atoms with Crippen molar-refractivity contribution in [1.82, 2.24) is 0 Å². The molecule has 0 aliphatic rings. The molecule has 0 aliphatic carbocycles. The van der Waals surface area contributed by atoms with Gasteiger partial charge in [-0.1, -0.05) is 0 Å². The second kappa shape index (κ2) is 7.84. The standard InChI is InChI=1S/C16H12Cl2O4Se/c17-11-5-1-9(2-6-11)13(15(19)20)23-14(16(21)22)10-3-7-12(18)8-4-10/h1-8,13-14H,(H,19,20)(H,21,22). The first-order chi connectivity index (χ1) is 10.9. The van der Waals surface area contributed by atoms with Crippen molar-refractivity contribution >= 4 is 50.1 Å². The summed E-state index contributed by atoms with van der Waals surface area (Å²) in [5.41, 5.74) is 1.09. The van der Waals surface area contributed by atoms with Crippen molar-refractivity contribution in [3.63, 3.8) is 0 Å². The first-order valence-corrected chi connectivity index (χ1v) is 9.24. The number of carbonyl (C=O) groups is 2. The first kappa shape index (κ1) is 17.8. The second-order valence-corrected chi connectivity index (χ2v) is 8.10. The van der Waals surface area contributed by atoms with Gasteiger partial charge >= 0.3 is 149 Å². The predicted octanol–water partition coefficient (Wildman–Crippen LogP) is 3.65. The van der Waals surface area contributed by atoms with Crippen LogP contribution in [0.4, 0.5) is 0 Å². The molecule has 2 rings (SSSR count). The molecule has 0 heterocycles. The van der Waals surface area contributed by atoms with Crippen molar-refractivity contribution in [3.05, 3.63) is 69.7 Å². The maximum absolute atomic E-state index is 11.6. The van der Waals surface area contributed by atoms with Gasteiger partial charge in [-0.05, 0) is 0 Å². The van der Waals surface area contributed by atoms with E-state index in [1.807, 2.05) is 0 Å². The Labute approximate surface area is 149 Å². The van der Waals surface area contributed by atoms with Crippen LogP contribution in [-0.4, -0.2) is 37.1 Å². The number of benzene rings is 2. The molecule has 0 radical (unpaired) electrons. The van der Waals surface area contributed by atoms with Crippen LogP contribution in [0.15, 0.2) is 48.5 Å². The van der Waals surface area contributed by atoms with Gasteiger partial charge in [-0.15, -0.1) is 0 Å². The average molecular weight is 418 g/mol. The zero-order chi connectivity index (χ0) is 17.0. The second-order valence-electron chi connectivity index (χ2n) is 4.68. The molecule has 2 aromatic carbocycles. The van der Waals surface area contributed by atoms with Gasteiger partial charge in [0, 0.05) is 0 Å². The molecule has 0 amide bonds. The van der Waals surface area contributed by atoms with Gasteiger partial charge in [0.2, 0.25) is 0 Å². The molecule has 0 saturated heterocycles. The van der Waals surface area contributed by atoms with E-state index in [4.69, 9.17) is 23.2 Å². The van der Waals surface area contributed by atoms with Gasteiger partial charge < -0.3 is 0 Å². The van der Waals surface area contributed by atoms with Crippen molar-refractivity contribution in [2.75, 3.05) is 0 Å². The molecule has 0 aliphatic heterocycles. The Morgan fingerprint density at radius 2 is 1.04 bits per heavy atom. The third kappa shape index (κ3) is 4.72. The van der Waals surface area contributed by atoms with E-state index in [-0.39, 0.29) is 0 Å². The van der Waals surface area contributed by atoms with E-state index in [0.717, 1.165) is 0 Å². The Hall–Kier alpha value is -1.52. The Bertz CT molecular complexity index is 640. The van der Waals surface area contributed by atoms with Crippen molar-refractivity contribution in [1.29, 1.82) is 0 Å². The zero-order valence-corrected chi connectivity index (χ0v) is 14.9. The summed E-state index contributed by atoms with van der Waals surface area (Å²) in [7, 11) is 0. The summed E-state index contributed by atoms with van der Waals surface area (Å²) in [6, 6.07) is 12.9. The third-order valence-electron chi connectivity index (χ3n) is 3.07. The molecule has 2 atom stereocenters. The van der Waals surface area contributed by atoms with Crippen LogP contribution < -0.4 is 0 Å². The van der Waals surface area contributed by atoms with Gasteiger partial charge in [0.1, 0.15) is 0 Å². The Balaban J connectivity index is 2.31. The van der Waals surface area contributed by atoms with Crippen LogP contribution in [0.1, 0.15) is 20.8 Å². The quantitative estimate of drug-likeness (QED) is 0.703. The number of rotatable bonds is 6. The van der Waals surface area contributed by atoms with Crippen LogP contribution in [0, 0.1) is 0 Å². The van der Waals surface area contributed by atoms with E-state index in [1.165, 1.54) is 0 Å². The van der Waals surface area contributed by atoms with Crippen molar-refractivity contribution < 1.29 is 19.8 Å². The van der Waals surface area contributed by atoms with Crippen LogP contribution in [0.2, 0.25) is 10.0 Å². The monoisotopic (exact) mass is 418 g/mol. The SMILES string of the molecule is O=C(O)C([Se]C(C(=O)O)c1ccc(Cl)cc1)c1ccc(Cl)cc1. The van der Waals surface area contributed by atoms with Gasteiger partial charge in [-0.3, -0.25) is 0 Å². The summed E-state index contributed by atoms with van der Waals surface area (Å²) in [6.45, 7) is 0. The molecular weight excluding hydrogens is 406 g/mol. The van der Waals surface area contributed by atoms with Crippen molar-refractivity contribution in [2.24, 2.45) is 0 Å². The van der Waals surface area contributed by atoms with E-state index >= 15 is 0 Å². The molecule has 23 heavy (non-hydrogen) atoms. The normalized spacial score (nSPS) is 13.3. The average Bonchev–Trinajstić information content (AvgIpc) is 2.50. The van der Waals surface area contributed by atoms with Crippen LogP contribution in [0.3, 0.4) is 0 Å². The maximum atomic E-state index is 11.6. The van der Waals surface area contributed by atoms with Gasteiger partial charge in [-0.25, -0.2) is 0 Å². The minimum atomic E-state index is -1.05. The van der Waals surface area contributed by atoms with Crippen LogP contribution in [0.25, 0.3) is 0 Å². The Morgan fingerprint density at radius 3 is 1.30 bits per heavy atom. The molecule has 2 aromatic rings. The summed E-state index contributed by atoms with van der Waals surface area (Å²) in [6.07, 6.45) is 0. The number of hydrogen-bond donors (Lipinski definition) is 2. The van der Waals surface area contributed by atoms with Crippen molar-refractivity contribution in [2.45, 2.75) is 9.63 Å². The number of carboxylic acids is 2. The fraction of sp³-hybridized carbons (Fsp3) is 0.125. The van der Waals surface area contributed by atoms with E-state index in [9.17, 15) is 19.8 Å². The summed E-state index contributed by atoms with van der Waals surface area (Å²) >= 11 is 10.9. The van der Waals surface area contributed by atoms with E-state index in [0.29, 0.717) is 21.2 Å². The molecule has 4 nitrogen and oxygen atoms in total. The summed E-state index contributed by atoms with van der Waals surface area (Å²) in [4.78, 5) is 21.4. The summed E-state index contributed by atoms with van der Waals surface area (Å²) in [5.74, 6) is -2.10. The molecule has 2 N–H and O–H groups in total. The van der Waals surface area contributed by atoms with Gasteiger partial charge in [0.15, 0.2) is 0 Å². The molecule has 7 heteroatoms. The number of aliphatic carboxylic acids is 2. The molecule has 0 saturated carbocycles. The third-order valence-corrected chi connectivity index (χ3v) is 6.70. The topological polar surface area (TPSA) is 74.6 Å². The van der Waals surface area contributed by atoms with Gasteiger partial charge in [0.25, 0.3) is 0 Å². The molecule has 0 spiro atoms. The van der Waals surface area contributed by atoms with Crippen LogP contribution >= 0.6 is 23.2 Å². The molecule has 0 aromatic heterocycles. The molecule has 0 bridgehead atoms. The molecule has 0 fully saturated rings. The van der Waals surface area contributed by atoms with E-state index < -0.39 is 36.5 Å². The minimum absolute atomic E-state index is 0.498. The van der Waals surface area contributed by atoms with Crippen molar-refractivity contribution in [3.8, 4) is 0 Å². The molecule has 120 valence electrons. The summed E-state index contributed by atoms with van der Waals surface area (Å²) < 4.78 is 0. The zero-order valence-electron chi connectivity index (χ0n) is 11.6. The Morgan fingerprint density at radius 1 is 0.739 bits per heavy atom. The predicted molar refractivity (Wildman–Crippen MR) is 89.4 cm³/mol. The Kier molecular flexibility index (Phi) is 6.08. The van der Waals surface area contributed by atoms with E-state index in [2.05, 4.69) is 0 Å². The van der Waals surface area contributed by atoms with Crippen LogP contribution in [0.5, 0.6) is 0 Å². The summed E-state index contributed by atoms with van der Waals surface area (Å²) in [5, 5.41) is 20.0.